The Hall–Kier alpha value is -1.59. The molecule has 0 unspecified atom stereocenters. The Morgan fingerprint density at radius 1 is 1.26 bits per heavy atom. The van der Waals surface area contributed by atoms with Gasteiger partial charge in [0, 0.05) is 19.2 Å². The fraction of sp³-hybridized carbons (Fsp3) is 0.611. The molecule has 0 atom stereocenters. The van der Waals surface area contributed by atoms with Crippen LogP contribution in [0.15, 0.2) is 18.2 Å². The summed E-state index contributed by atoms with van der Waals surface area (Å²) in [7, 11) is 1.64. The third kappa shape index (κ3) is 4.94. The number of nitrogens with one attached hydrogen (secondary N) is 1. The van der Waals surface area contributed by atoms with Crippen LogP contribution in [0.3, 0.4) is 0 Å². The summed E-state index contributed by atoms with van der Waals surface area (Å²) in [6.45, 7) is 3.47. The van der Waals surface area contributed by atoms with Crippen LogP contribution in [-0.4, -0.2) is 31.8 Å². The lowest BCUT2D eigenvalue weighted by atomic mass is 9.82. The topological polar surface area (TPSA) is 73.6 Å². The van der Waals surface area contributed by atoms with Gasteiger partial charge in [-0.05, 0) is 31.4 Å². The summed E-state index contributed by atoms with van der Waals surface area (Å²) in [5.41, 5.74) is 7.64. The molecule has 1 aromatic carbocycles. The third-order valence-corrected chi connectivity index (χ3v) is 4.41. The van der Waals surface area contributed by atoms with Crippen LogP contribution in [-0.2, 0) is 16.1 Å². The predicted molar refractivity (Wildman–Crippen MR) is 90.4 cm³/mol. The lowest BCUT2D eigenvalue weighted by Gasteiger charge is -2.31. The van der Waals surface area contributed by atoms with E-state index in [0.29, 0.717) is 19.8 Å². The van der Waals surface area contributed by atoms with E-state index < -0.39 is 5.54 Å². The molecule has 3 N–H and O–H groups in total. The van der Waals surface area contributed by atoms with Gasteiger partial charge in [-0.1, -0.05) is 31.4 Å². The molecular weight excluding hydrogens is 292 g/mol. The molecule has 0 aromatic heterocycles. The summed E-state index contributed by atoms with van der Waals surface area (Å²) in [4.78, 5) is 12.4. The molecular formula is C18H28N2O3. The van der Waals surface area contributed by atoms with Gasteiger partial charge in [0.05, 0.1) is 12.1 Å². The molecule has 0 bridgehead atoms. The molecule has 0 heterocycles. The number of rotatable bonds is 7. The molecule has 1 aromatic rings. The summed E-state index contributed by atoms with van der Waals surface area (Å²) in [6.07, 6.45) is 4.76. The van der Waals surface area contributed by atoms with Crippen LogP contribution in [0.4, 0.5) is 0 Å². The fourth-order valence-corrected chi connectivity index (χ4v) is 2.94. The van der Waals surface area contributed by atoms with Gasteiger partial charge in [0.1, 0.15) is 12.4 Å². The first kappa shape index (κ1) is 17.8. The summed E-state index contributed by atoms with van der Waals surface area (Å²) >= 11 is 0. The number of hydrogen-bond acceptors (Lipinski definition) is 4. The normalized spacial score (nSPS) is 16.8. The Morgan fingerprint density at radius 3 is 2.70 bits per heavy atom. The van der Waals surface area contributed by atoms with E-state index in [1.165, 1.54) is 6.42 Å². The first-order valence-corrected chi connectivity index (χ1v) is 8.33. The van der Waals surface area contributed by atoms with Gasteiger partial charge in [0.25, 0.3) is 0 Å². The lowest BCUT2D eigenvalue weighted by Crippen LogP contribution is -2.54. The quantitative estimate of drug-likeness (QED) is 0.756. The zero-order valence-electron chi connectivity index (χ0n) is 14.2. The molecule has 1 aliphatic carbocycles. The van der Waals surface area contributed by atoms with E-state index in [-0.39, 0.29) is 5.91 Å². The van der Waals surface area contributed by atoms with Gasteiger partial charge in [0.15, 0.2) is 0 Å². The van der Waals surface area contributed by atoms with Crippen molar-refractivity contribution in [3.8, 4) is 5.75 Å². The fourth-order valence-electron chi connectivity index (χ4n) is 2.94. The summed E-state index contributed by atoms with van der Waals surface area (Å²) in [6, 6.07) is 5.99. The number of methoxy groups -OCH3 is 1. The lowest BCUT2D eigenvalue weighted by molar-refractivity contribution is -0.127. The highest BCUT2D eigenvalue weighted by Gasteiger charge is 2.34. The molecule has 0 saturated heterocycles. The van der Waals surface area contributed by atoms with E-state index >= 15 is 0 Å². The number of nitrogens with two attached hydrogens (primary N) is 1. The van der Waals surface area contributed by atoms with E-state index in [1.807, 2.05) is 25.1 Å². The third-order valence-electron chi connectivity index (χ3n) is 4.41. The van der Waals surface area contributed by atoms with Gasteiger partial charge in [-0.15, -0.1) is 0 Å². The smallest absolute Gasteiger partial charge is 0.240 e. The van der Waals surface area contributed by atoms with E-state index in [2.05, 4.69) is 5.32 Å². The second-order valence-electron chi connectivity index (χ2n) is 6.35. The van der Waals surface area contributed by atoms with Crippen molar-refractivity contribution in [2.75, 3.05) is 20.3 Å². The largest absolute Gasteiger partial charge is 0.491 e. The average molecular weight is 320 g/mol. The Labute approximate surface area is 138 Å². The van der Waals surface area contributed by atoms with Gasteiger partial charge < -0.3 is 20.5 Å². The summed E-state index contributed by atoms with van der Waals surface area (Å²) < 4.78 is 10.8. The highest BCUT2D eigenvalue weighted by molar-refractivity contribution is 5.86. The van der Waals surface area contributed by atoms with E-state index in [9.17, 15) is 4.79 Å². The van der Waals surface area contributed by atoms with Gasteiger partial charge >= 0.3 is 0 Å². The monoisotopic (exact) mass is 320 g/mol. The average Bonchev–Trinajstić information content (AvgIpc) is 2.54. The van der Waals surface area contributed by atoms with E-state index in [4.69, 9.17) is 15.2 Å². The van der Waals surface area contributed by atoms with Crippen molar-refractivity contribution >= 4 is 5.91 Å². The van der Waals surface area contributed by atoms with Crippen molar-refractivity contribution in [3.63, 3.8) is 0 Å². The summed E-state index contributed by atoms with van der Waals surface area (Å²) in [5.74, 6) is 0.734. The molecule has 23 heavy (non-hydrogen) atoms. The van der Waals surface area contributed by atoms with Gasteiger partial charge in [-0.3, -0.25) is 4.79 Å². The maximum absolute atomic E-state index is 12.4. The van der Waals surface area contributed by atoms with E-state index in [1.54, 1.807) is 7.11 Å². The first-order valence-electron chi connectivity index (χ1n) is 8.33. The number of carbonyl (C=O) groups excluding carboxylic acids is 1. The van der Waals surface area contributed by atoms with Crippen LogP contribution in [0.1, 0.15) is 43.2 Å². The van der Waals surface area contributed by atoms with Gasteiger partial charge in [-0.2, -0.15) is 0 Å². The van der Waals surface area contributed by atoms with Crippen LogP contribution in [0.25, 0.3) is 0 Å². The zero-order valence-corrected chi connectivity index (χ0v) is 14.2. The minimum Gasteiger partial charge on any atom is -0.491 e. The van der Waals surface area contributed by atoms with E-state index in [0.717, 1.165) is 42.6 Å². The second kappa shape index (κ2) is 8.31. The van der Waals surface area contributed by atoms with Crippen LogP contribution in [0, 0.1) is 6.92 Å². The maximum Gasteiger partial charge on any atom is 0.240 e. The van der Waals surface area contributed by atoms with Crippen LogP contribution >= 0.6 is 0 Å². The van der Waals surface area contributed by atoms with Crippen molar-refractivity contribution in [2.24, 2.45) is 5.73 Å². The molecule has 1 fully saturated rings. The summed E-state index contributed by atoms with van der Waals surface area (Å²) in [5, 5.41) is 2.98. The Morgan fingerprint density at radius 2 is 2.00 bits per heavy atom. The molecule has 0 spiro atoms. The number of hydrogen-bond donors (Lipinski definition) is 2. The molecule has 1 aliphatic rings. The number of carbonyl (C=O) groups is 1. The molecule has 128 valence electrons. The number of benzene rings is 1. The molecule has 0 aliphatic heterocycles. The minimum atomic E-state index is -0.708. The van der Waals surface area contributed by atoms with Gasteiger partial charge in [-0.25, -0.2) is 0 Å². The minimum absolute atomic E-state index is 0.0550. The van der Waals surface area contributed by atoms with Crippen molar-refractivity contribution < 1.29 is 14.3 Å². The van der Waals surface area contributed by atoms with Crippen molar-refractivity contribution in [1.82, 2.24) is 5.32 Å². The second-order valence-corrected chi connectivity index (χ2v) is 6.35. The Bertz CT molecular complexity index is 525. The zero-order chi connectivity index (χ0) is 16.7. The molecule has 0 radical (unpaired) electrons. The molecule has 2 rings (SSSR count). The number of aryl methyl sites for hydroxylation is 1. The van der Waals surface area contributed by atoms with Crippen molar-refractivity contribution in [1.29, 1.82) is 0 Å². The standard InChI is InChI=1S/C18H28N2O3/c1-14-6-7-15(16(12-14)23-11-10-22-2)13-20-17(21)18(19)8-4-3-5-9-18/h6-7,12H,3-5,8-11,13,19H2,1-2H3,(H,20,21). The number of amides is 1. The molecule has 1 saturated carbocycles. The van der Waals surface area contributed by atoms with Crippen molar-refractivity contribution in [3.05, 3.63) is 29.3 Å². The van der Waals surface area contributed by atoms with Crippen molar-refractivity contribution in [2.45, 2.75) is 51.1 Å². The Kier molecular flexibility index (Phi) is 6.42. The van der Waals surface area contributed by atoms with Gasteiger partial charge in [0.2, 0.25) is 5.91 Å². The van der Waals surface area contributed by atoms with Crippen LogP contribution < -0.4 is 15.8 Å². The highest BCUT2D eigenvalue weighted by Crippen LogP contribution is 2.26. The Balaban J connectivity index is 1.97. The molecule has 5 nitrogen and oxygen atoms in total. The first-order chi connectivity index (χ1) is 11.0. The highest BCUT2D eigenvalue weighted by atomic mass is 16.5. The van der Waals surface area contributed by atoms with Crippen LogP contribution in [0.2, 0.25) is 0 Å². The predicted octanol–water partition coefficient (Wildman–Crippen LogP) is 2.30. The molecule has 1 amide bonds. The van der Waals surface area contributed by atoms with Crippen LogP contribution in [0.5, 0.6) is 5.75 Å². The number of ether oxygens (including phenoxy) is 2. The SMILES string of the molecule is COCCOc1cc(C)ccc1CNC(=O)C1(N)CCCCC1. The maximum atomic E-state index is 12.4. The molecule has 5 heteroatoms.